The van der Waals surface area contributed by atoms with Gasteiger partial charge in [-0.1, -0.05) is 0 Å². The number of nitrogen functional groups attached to an aromatic ring is 1. The van der Waals surface area contributed by atoms with Crippen molar-refractivity contribution < 1.29 is 4.74 Å². The lowest BCUT2D eigenvalue weighted by Crippen LogP contribution is -2.14. The highest BCUT2D eigenvalue weighted by atomic mass is 32.2. The van der Waals surface area contributed by atoms with Gasteiger partial charge in [0.2, 0.25) is 5.88 Å². The van der Waals surface area contributed by atoms with Gasteiger partial charge in [0.25, 0.3) is 0 Å². The van der Waals surface area contributed by atoms with E-state index in [0.29, 0.717) is 18.2 Å². The van der Waals surface area contributed by atoms with Gasteiger partial charge >= 0.3 is 0 Å². The minimum absolute atomic E-state index is 0.539. The fourth-order valence-electron chi connectivity index (χ4n) is 1.10. The Morgan fingerprint density at radius 2 is 2.19 bits per heavy atom. The Balaban J connectivity index is 2.56. The average Bonchev–Trinajstić information content (AvgIpc) is 2.22. The summed E-state index contributed by atoms with van der Waals surface area (Å²) in [5.41, 5.74) is 6.34. The molecule has 0 unspecified atom stereocenters. The molecule has 0 aromatic carbocycles. The Bertz CT molecular complexity index is 331. The molecule has 4 nitrogen and oxygen atoms in total. The van der Waals surface area contributed by atoms with Crippen molar-refractivity contribution in [2.24, 2.45) is 0 Å². The van der Waals surface area contributed by atoms with Crippen molar-refractivity contribution in [2.75, 3.05) is 38.7 Å². The Kier molecular flexibility index (Phi) is 5.42. The number of ether oxygens (including phenoxy) is 1. The van der Waals surface area contributed by atoms with Gasteiger partial charge in [0.15, 0.2) is 0 Å². The first-order valence-electron chi connectivity index (χ1n) is 5.30. The number of thioether (sulfide) groups is 1. The SMILES string of the molecule is CCOc1nc(SCCN(C)C)ccc1N. The van der Waals surface area contributed by atoms with Crippen molar-refractivity contribution in [1.29, 1.82) is 0 Å². The summed E-state index contributed by atoms with van der Waals surface area (Å²) in [7, 11) is 4.12. The molecule has 0 saturated carbocycles. The third kappa shape index (κ3) is 4.28. The highest BCUT2D eigenvalue weighted by Crippen LogP contribution is 2.24. The van der Waals surface area contributed by atoms with Crippen LogP contribution in [0, 0.1) is 0 Å². The maximum Gasteiger partial charge on any atom is 0.238 e. The summed E-state index contributed by atoms with van der Waals surface area (Å²) in [6.45, 7) is 3.54. The molecule has 0 amide bonds. The molecule has 90 valence electrons. The van der Waals surface area contributed by atoms with Crippen molar-refractivity contribution in [3.8, 4) is 5.88 Å². The molecule has 0 aliphatic rings. The molecule has 2 N–H and O–H groups in total. The zero-order valence-electron chi connectivity index (χ0n) is 10.1. The number of hydrogen-bond acceptors (Lipinski definition) is 5. The second-order valence-electron chi connectivity index (χ2n) is 3.63. The summed E-state index contributed by atoms with van der Waals surface area (Å²) in [6.07, 6.45) is 0. The van der Waals surface area contributed by atoms with Crippen LogP contribution in [0.1, 0.15) is 6.92 Å². The van der Waals surface area contributed by atoms with Crippen molar-refractivity contribution in [2.45, 2.75) is 11.9 Å². The fraction of sp³-hybridized carbons (Fsp3) is 0.545. The minimum Gasteiger partial charge on any atom is -0.476 e. The molecule has 5 heteroatoms. The van der Waals surface area contributed by atoms with Crippen LogP contribution in [-0.4, -0.2) is 42.9 Å². The van der Waals surface area contributed by atoms with Crippen molar-refractivity contribution >= 4 is 17.4 Å². The van der Waals surface area contributed by atoms with Crippen LogP contribution >= 0.6 is 11.8 Å². The zero-order valence-corrected chi connectivity index (χ0v) is 10.9. The van der Waals surface area contributed by atoms with Crippen molar-refractivity contribution in [3.05, 3.63) is 12.1 Å². The summed E-state index contributed by atoms with van der Waals surface area (Å²) in [5, 5.41) is 0.958. The predicted molar refractivity (Wildman–Crippen MR) is 69.1 cm³/mol. The minimum atomic E-state index is 0.539. The molecule has 0 spiro atoms. The van der Waals surface area contributed by atoms with Gasteiger partial charge in [0, 0.05) is 12.3 Å². The number of nitrogens with two attached hydrogens (primary N) is 1. The van der Waals surface area contributed by atoms with Gasteiger partial charge < -0.3 is 15.4 Å². The van der Waals surface area contributed by atoms with Crippen molar-refractivity contribution in [3.63, 3.8) is 0 Å². The molecule has 1 aromatic heterocycles. The lowest BCUT2D eigenvalue weighted by atomic mass is 10.4. The molecule has 0 bridgehead atoms. The highest BCUT2D eigenvalue weighted by Gasteiger charge is 2.04. The van der Waals surface area contributed by atoms with E-state index in [4.69, 9.17) is 10.5 Å². The fourth-order valence-corrected chi connectivity index (χ4v) is 2.08. The van der Waals surface area contributed by atoms with E-state index in [9.17, 15) is 0 Å². The van der Waals surface area contributed by atoms with Gasteiger partial charge in [-0.3, -0.25) is 0 Å². The molecule has 0 radical (unpaired) electrons. The third-order valence-electron chi connectivity index (χ3n) is 1.93. The molecule has 16 heavy (non-hydrogen) atoms. The molecule has 0 atom stereocenters. The number of aromatic nitrogens is 1. The standard InChI is InChI=1S/C11H19N3OS/c1-4-15-11-9(12)5-6-10(13-11)16-8-7-14(2)3/h5-6H,4,7-8,12H2,1-3H3. The summed E-state index contributed by atoms with van der Waals surface area (Å²) >= 11 is 1.71. The summed E-state index contributed by atoms with van der Waals surface area (Å²) in [5.74, 6) is 1.55. The Morgan fingerprint density at radius 1 is 1.44 bits per heavy atom. The predicted octanol–water partition coefficient (Wildman–Crippen LogP) is 1.72. The second-order valence-corrected chi connectivity index (χ2v) is 4.74. The zero-order chi connectivity index (χ0) is 12.0. The summed E-state index contributed by atoms with van der Waals surface area (Å²) in [4.78, 5) is 6.50. The lowest BCUT2D eigenvalue weighted by Gasteiger charge is -2.10. The second kappa shape index (κ2) is 6.60. The van der Waals surface area contributed by atoms with E-state index in [0.717, 1.165) is 17.3 Å². The van der Waals surface area contributed by atoms with Crippen LogP contribution in [0.25, 0.3) is 0 Å². The number of pyridine rings is 1. The monoisotopic (exact) mass is 241 g/mol. The van der Waals surface area contributed by atoms with Crippen LogP contribution < -0.4 is 10.5 Å². The van der Waals surface area contributed by atoms with Crippen LogP contribution in [0.5, 0.6) is 5.88 Å². The van der Waals surface area contributed by atoms with E-state index in [1.54, 1.807) is 11.8 Å². The van der Waals surface area contributed by atoms with E-state index >= 15 is 0 Å². The Morgan fingerprint density at radius 3 is 2.81 bits per heavy atom. The first-order valence-corrected chi connectivity index (χ1v) is 6.29. The topological polar surface area (TPSA) is 51.4 Å². The van der Waals surface area contributed by atoms with Crippen molar-refractivity contribution in [1.82, 2.24) is 9.88 Å². The number of rotatable bonds is 6. The summed E-state index contributed by atoms with van der Waals surface area (Å²) in [6, 6.07) is 3.77. The Labute approximate surface area is 101 Å². The number of anilines is 1. The van der Waals surface area contributed by atoms with Gasteiger partial charge in [-0.25, -0.2) is 4.98 Å². The quantitative estimate of drug-likeness (QED) is 0.768. The van der Waals surface area contributed by atoms with Crippen LogP contribution in [0.4, 0.5) is 5.69 Å². The molecule has 0 saturated heterocycles. The van der Waals surface area contributed by atoms with E-state index in [-0.39, 0.29) is 0 Å². The average molecular weight is 241 g/mol. The molecule has 1 rings (SSSR count). The van der Waals surface area contributed by atoms with Crippen LogP contribution in [0.2, 0.25) is 0 Å². The molecule has 0 aliphatic carbocycles. The molecule has 1 heterocycles. The van der Waals surface area contributed by atoms with Gasteiger partial charge in [-0.05, 0) is 33.2 Å². The van der Waals surface area contributed by atoms with E-state index in [1.165, 1.54) is 0 Å². The molecular formula is C11H19N3OS. The molecular weight excluding hydrogens is 222 g/mol. The summed E-state index contributed by atoms with van der Waals surface area (Å²) < 4.78 is 5.34. The highest BCUT2D eigenvalue weighted by molar-refractivity contribution is 7.99. The van der Waals surface area contributed by atoms with Crippen LogP contribution in [-0.2, 0) is 0 Å². The van der Waals surface area contributed by atoms with Gasteiger partial charge in [0.1, 0.15) is 5.03 Å². The lowest BCUT2D eigenvalue weighted by molar-refractivity contribution is 0.326. The smallest absolute Gasteiger partial charge is 0.238 e. The van der Waals surface area contributed by atoms with Gasteiger partial charge in [0.05, 0.1) is 12.3 Å². The maximum absolute atomic E-state index is 5.75. The number of hydrogen-bond donors (Lipinski definition) is 1. The molecule has 0 aliphatic heterocycles. The Hall–Kier alpha value is -0.940. The first-order chi connectivity index (χ1) is 7.63. The van der Waals surface area contributed by atoms with Gasteiger partial charge in [-0.2, -0.15) is 0 Å². The number of nitrogens with zero attached hydrogens (tertiary/aromatic N) is 2. The maximum atomic E-state index is 5.75. The van der Waals surface area contributed by atoms with Gasteiger partial charge in [-0.15, -0.1) is 11.8 Å². The van der Waals surface area contributed by atoms with E-state index in [1.807, 2.05) is 19.1 Å². The molecule has 0 fully saturated rings. The van der Waals surface area contributed by atoms with Crippen LogP contribution in [0.3, 0.4) is 0 Å². The van der Waals surface area contributed by atoms with E-state index in [2.05, 4.69) is 24.0 Å². The first kappa shape index (κ1) is 13.1. The van der Waals surface area contributed by atoms with Crippen LogP contribution in [0.15, 0.2) is 17.2 Å². The third-order valence-corrected chi connectivity index (χ3v) is 2.84. The van der Waals surface area contributed by atoms with E-state index < -0.39 is 0 Å². The normalized spacial score (nSPS) is 10.8. The largest absolute Gasteiger partial charge is 0.476 e. The molecule has 1 aromatic rings.